The van der Waals surface area contributed by atoms with Gasteiger partial charge in [-0.25, -0.2) is 0 Å². The van der Waals surface area contributed by atoms with Crippen LogP contribution in [0.15, 0.2) is 24.3 Å². The quantitative estimate of drug-likeness (QED) is 0.383. The molecule has 0 radical (unpaired) electrons. The Labute approximate surface area is 129 Å². The number of allylic oxidation sites excluding steroid dienone is 2. The second-order valence-electron chi connectivity index (χ2n) is 5.46. The highest BCUT2D eigenvalue weighted by Crippen LogP contribution is 2.49. The van der Waals surface area contributed by atoms with Crippen LogP contribution < -0.4 is 0 Å². The standard InChI is InChI=1S/C18H20O4/c1-9-7-5-6-8-13(9)10(2)11(3)14-12(4)15(19)17(21)18(22)16(14)20/h5-8,19-22H,1-4H3/b11-10+. The number of hydrogen-bond acceptors (Lipinski definition) is 4. The molecule has 22 heavy (non-hydrogen) atoms. The average Bonchev–Trinajstić information content (AvgIpc) is 2.51. The van der Waals surface area contributed by atoms with Crippen molar-refractivity contribution in [1.29, 1.82) is 0 Å². The summed E-state index contributed by atoms with van der Waals surface area (Å²) < 4.78 is 0. The second-order valence-corrected chi connectivity index (χ2v) is 5.46. The topological polar surface area (TPSA) is 80.9 Å². The maximum atomic E-state index is 10.2. The highest BCUT2D eigenvalue weighted by Gasteiger charge is 2.22. The van der Waals surface area contributed by atoms with E-state index < -0.39 is 23.0 Å². The minimum Gasteiger partial charge on any atom is -0.504 e. The molecule has 0 heterocycles. The Morgan fingerprint density at radius 3 is 1.86 bits per heavy atom. The van der Waals surface area contributed by atoms with Crippen molar-refractivity contribution in [3.8, 4) is 23.0 Å². The maximum absolute atomic E-state index is 10.2. The highest BCUT2D eigenvalue weighted by molar-refractivity contribution is 5.94. The third-order valence-corrected chi connectivity index (χ3v) is 4.13. The van der Waals surface area contributed by atoms with Crippen molar-refractivity contribution < 1.29 is 20.4 Å². The van der Waals surface area contributed by atoms with Gasteiger partial charge >= 0.3 is 0 Å². The molecule has 4 N–H and O–H groups in total. The fourth-order valence-corrected chi connectivity index (χ4v) is 2.66. The van der Waals surface area contributed by atoms with Gasteiger partial charge in [0.2, 0.25) is 11.5 Å². The summed E-state index contributed by atoms with van der Waals surface area (Å²) >= 11 is 0. The van der Waals surface area contributed by atoms with Crippen LogP contribution in [0, 0.1) is 13.8 Å². The molecule has 0 aliphatic rings. The summed E-state index contributed by atoms with van der Waals surface area (Å²) in [4.78, 5) is 0. The van der Waals surface area contributed by atoms with Crippen LogP contribution in [0.3, 0.4) is 0 Å². The van der Waals surface area contributed by atoms with Gasteiger partial charge in [0.05, 0.1) is 0 Å². The van der Waals surface area contributed by atoms with Crippen LogP contribution in [0.1, 0.15) is 36.1 Å². The number of aromatic hydroxyl groups is 4. The van der Waals surface area contributed by atoms with Crippen molar-refractivity contribution in [3.05, 3.63) is 46.5 Å². The fraction of sp³-hybridized carbons (Fsp3) is 0.222. The molecule has 4 nitrogen and oxygen atoms in total. The van der Waals surface area contributed by atoms with Gasteiger partial charge in [-0.3, -0.25) is 0 Å². The molecule has 116 valence electrons. The number of aryl methyl sites for hydroxylation is 1. The Kier molecular flexibility index (Phi) is 4.04. The first-order valence-corrected chi connectivity index (χ1v) is 6.97. The molecular formula is C18H20O4. The Bertz CT molecular complexity index is 744. The van der Waals surface area contributed by atoms with E-state index in [0.29, 0.717) is 11.1 Å². The predicted molar refractivity (Wildman–Crippen MR) is 87.2 cm³/mol. The number of rotatable bonds is 2. The lowest BCUT2D eigenvalue weighted by molar-refractivity contribution is 0.343. The molecule has 0 amide bonds. The van der Waals surface area contributed by atoms with E-state index in [1.807, 2.05) is 38.1 Å². The monoisotopic (exact) mass is 300 g/mol. The summed E-state index contributed by atoms with van der Waals surface area (Å²) in [6, 6.07) is 7.84. The van der Waals surface area contributed by atoms with Crippen molar-refractivity contribution in [3.63, 3.8) is 0 Å². The van der Waals surface area contributed by atoms with Crippen LogP contribution in [0.2, 0.25) is 0 Å². The van der Waals surface area contributed by atoms with Crippen molar-refractivity contribution in [2.75, 3.05) is 0 Å². The van der Waals surface area contributed by atoms with Gasteiger partial charge in [-0.1, -0.05) is 24.3 Å². The summed E-state index contributed by atoms with van der Waals surface area (Å²) in [7, 11) is 0. The molecular weight excluding hydrogens is 280 g/mol. The van der Waals surface area contributed by atoms with E-state index in [-0.39, 0.29) is 0 Å². The lowest BCUT2D eigenvalue weighted by Gasteiger charge is -2.17. The largest absolute Gasteiger partial charge is 0.504 e. The first-order chi connectivity index (χ1) is 10.3. The molecule has 0 fully saturated rings. The van der Waals surface area contributed by atoms with Gasteiger partial charge in [0, 0.05) is 11.1 Å². The lowest BCUT2D eigenvalue weighted by Crippen LogP contribution is -1.94. The van der Waals surface area contributed by atoms with Gasteiger partial charge < -0.3 is 20.4 Å². The Morgan fingerprint density at radius 2 is 1.27 bits per heavy atom. The van der Waals surface area contributed by atoms with Gasteiger partial charge in [0.1, 0.15) is 0 Å². The molecule has 0 saturated carbocycles. The van der Waals surface area contributed by atoms with Crippen LogP contribution in [0.5, 0.6) is 23.0 Å². The molecule has 2 aromatic carbocycles. The minimum absolute atomic E-state index is 0.318. The van der Waals surface area contributed by atoms with Crippen molar-refractivity contribution >= 4 is 11.1 Å². The van der Waals surface area contributed by atoms with Crippen molar-refractivity contribution in [2.45, 2.75) is 27.7 Å². The first-order valence-electron chi connectivity index (χ1n) is 6.97. The average molecular weight is 300 g/mol. The van der Waals surface area contributed by atoms with Gasteiger partial charge in [-0.2, -0.15) is 0 Å². The summed E-state index contributed by atoms with van der Waals surface area (Å²) in [5.74, 6) is -2.28. The van der Waals surface area contributed by atoms with Crippen molar-refractivity contribution in [1.82, 2.24) is 0 Å². The van der Waals surface area contributed by atoms with E-state index in [0.717, 1.165) is 22.3 Å². The number of phenolic OH excluding ortho intramolecular Hbond substituents is 4. The Morgan fingerprint density at radius 1 is 0.727 bits per heavy atom. The maximum Gasteiger partial charge on any atom is 0.204 e. The number of hydrogen-bond donors (Lipinski definition) is 4. The van der Waals surface area contributed by atoms with Crippen LogP contribution >= 0.6 is 0 Å². The van der Waals surface area contributed by atoms with Gasteiger partial charge in [0.15, 0.2) is 11.5 Å². The molecule has 4 heteroatoms. The molecule has 0 aromatic heterocycles. The predicted octanol–water partition coefficient (Wildman–Crippen LogP) is 4.08. The third-order valence-electron chi connectivity index (χ3n) is 4.13. The van der Waals surface area contributed by atoms with E-state index in [4.69, 9.17) is 0 Å². The lowest BCUT2D eigenvalue weighted by atomic mass is 9.91. The summed E-state index contributed by atoms with van der Waals surface area (Å²) in [5, 5.41) is 39.4. The molecule has 0 atom stereocenters. The fourth-order valence-electron chi connectivity index (χ4n) is 2.66. The minimum atomic E-state index is -0.713. The molecule has 0 aliphatic heterocycles. The molecule has 2 aromatic rings. The smallest absolute Gasteiger partial charge is 0.204 e. The molecule has 0 bridgehead atoms. The summed E-state index contributed by atoms with van der Waals surface area (Å²) in [6.45, 7) is 7.29. The SMILES string of the molecule is C/C(=C(/C)c1c(C)c(O)c(O)c(O)c1O)c1ccccc1C. The van der Waals surface area contributed by atoms with E-state index >= 15 is 0 Å². The first kappa shape index (κ1) is 15.8. The van der Waals surface area contributed by atoms with E-state index in [9.17, 15) is 20.4 Å². The number of benzene rings is 2. The summed E-state index contributed by atoms with van der Waals surface area (Å²) in [5.41, 5.74) is 4.39. The third kappa shape index (κ3) is 2.37. The van der Waals surface area contributed by atoms with Crippen LogP contribution in [0.25, 0.3) is 11.1 Å². The van der Waals surface area contributed by atoms with Gasteiger partial charge in [-0.05, 0) is 50.0 Å². The van der Waals surface area contributed by atoms with Crippen LogP contribution in [-0.4, -0.2) is 20.4 Å². The molecule has 0 aliphatic carbocycles. The molecule has 2 rings (SSSR count). The highest BCUT2D eigenvalue weighted by atomic mass is 16.3. The normalized spacial score (nSPS) is 12.2. The van der Waals surface area contributed by atoms with Crippen molar-refractivity contribution in [2.24, 2.45) is 0 Å². The van der Waals surface area contributed by atoms with Crippen LogP contribution in [-0.2, 0) is 0 Å². The van der Waals surface area contributed by atoms with Crippen LogP contribution in [0.4, 0.5) is 0 Å². The molecule has 0 spiro atoms. The summed E-state index contributed by atoms with van der Waals surface area (Å²) in [6.07, 6.45) is 0. The zero-order valence-corrected chi connectivity index (χ0v) is 13.1. The van der Waals surface area contributed by atoms with Gasteiger partial charge in [0.25, 0.3) is 0 Å². The van der Waals surface area contributed by atoms with Gasteiger partial charge in [-0.15, -0.1) is 0 Å². The Hall–Kier alpha value is -2.62. The molecule has 0 unspecified atom stereocenters. The Balaban J connectivity index is 2.76. The zero-order valence-electron chi connectivity index (χ0n) is 13.1. The van der Waals surface area contributed by atoms with E-state index in [1.165, 1.54) is 0 Å². The van der Waals surface area contributed by atoms with E-state index in [2.05, 4.69) is 0 Å². The number of phenols is 4. The zero-order chi connectivity index (χ0) is 16.6. The second kappa shape index (κ2) is 5.64. The van der Waals surface area contributed by atoms with E-state index in [1.54, 1.807) is 13.8 Å². The molecule has 0 saturated heterocycles.